The van der Waals surface area contributed by atoms with E-state index in [4.69, 9.17) is 9.47 Å². The number of hydrogen-bond acceptors (Lipinski definition) is 4. The number of halogens is 1. The highest BCUT2D eigenvalue weighted by atomic mass is 79.9. The van der Waals surface area contributed by atoms with Gasteiger partial charge < -0.3 is 19.7 Å². The number of hydrogen-bond donors (Lipinski definition) is 1. The lowest BCUT2D eigenvalue weighted by Gasteiger charge is -2.29. The van der Waals surface area contributed by atoms with Crippen molar-refractivity contribution in [3.8, 4) is 11.5 Å². The minimum Gasteiger partial charge on any atom is -0.497 e. The Morgan fingerprint density at radius 1 is 1.17 bits per heavy atom. The highest BCUT2D eigenvalue weighted by molar-refractivity contribution is 9.10. The Balaban J connectivity index is 2.16. The van der Waals surface area contributed by atoms with E-state index >= 15 is 0 Å². The lowest BCUT2D eigenvalue weighted by molar-refractivity contribution is -0.142. The van der Waals surface area contributed by atoms with Gasteiger partial charge in [0.05, 0.1) is 7.11 Å². The maximum absolute atomic E-state index is 13.0. The van der Waals surface area contributed by atoms with E-state index in [1.54, 1.807) is 20.1 Å². The molecule has 0 unspecified atom stereocenters. The highest BCUT2D eigenvalue weighted by Gasteiger charge is 2.26. The highest BCUT2D eigenvalue weighted by Crippen LogP contribution is 2.22. The van der Waals surface area contributed by atoms with E-state index < -0.39 is 6.04 Å². The van der Waals surface area contributed by atoms with E-state index in [-0.39, 0.29) is 25.0 Å². The van der Waals surface area contributed by atoms with E-state index in [1.165, 1.54) is 4.90 Å². The van der Waals surface area contributed by atoms with Gasteiger partial charge in [0.2, 0.25) is 5.91 Å². The number of rotatable bonds is 10. The Morgan fingerprint density at radius 2 is 1.93 bits per heavy atom. The zero-order valence-electron chi connectivity index (χ0n) is 17.9. The summed E-state index contributed by atoms with van der Waals surface area (Å²) in [5.74, 6) is 0.850. The Bertz CT molecular complexity index is 872. The van der Waals surface area contributed by atoms with Crippen molar-refractivity contribution in [2.24, 2.45) is 0 Å². The first-order chi connectivity index (χ1) is 14.3. The molecule has 1 N–H and O–H groups in total. The second kappa shape index (κ2) is 11.6. The van der Waals surface area contributed by atoms with E-state index in [2.05, 4.69) is 21.2 Å². The van der Waals surface area contributed by atoms with Crippen molar-refractivity contribution < 1.29 is 19.1 Å². The molecule has 7 heteroatoms. The number of amides is 2. The SMILES string of the molecule is CCCNC(=O)[C@H](C)N(Cc1cccc(OC)c1)C(=O)COc1ccc(Br)c(C)c1. The molecule has 0 aliphatic rings. The number of carbonyl (C=O) groups is 2. The predicted octanol–water partition coefficient (Wildman–Crippen LogP) is 4.09. The molecule has 162 valence electrons. The van der Waals surface area contributed by atoms with Crippen LogP contribution < -0.4 is 14.8 Å². The van der Waals surface area contributed by atoms with Crippen LogP contribution >= 0.6 is 15.9 Å². The first kappa shape index (κ1) is 23.7. The molecule has 0 aliphatic carbocycles. The molecule has 6 nitrogen and oxygen atoms in total. The first-order valence-electron chi connectivity index (χ1n) is 9.94. The van der Waals surface area contributed by atoms with Gasteiger partial charge in [0.15, 0.2) is 6.61 Å². The molecule has 2 amide bonds. The van der Waals surface area contributed by atoms with E-state index in [0.717, 1.165) is 22.0 Å². The third-order valence-electron chi connectivity index (χ3n) is 4.70. The van der Waals surface area contributed by atoms with Crippen LogP contribution in [0.25, 0.3) is 0 Å². The minimum absolute atomic E-state index is 0.156. The molecular weight excluding hydrogens is 448 g/mol. The fraction of sp³-hybridized carbons (Fsp3) is 0.391. The van der Waals surface area contributed by atoms with Gasteiger partial charge in [0.25, 0.3) is 5.91 Å². The largest absolute Gasteiger partial charge is 0.497 e. The summed E-state index contributed by atoms with van der Waals surface area (Å²) in [6.45, 7) is 6.36. The van der Waals surface area contributed by atoms with E-state index in [9.17, 15) is 9.59 Å². The minimum atomic E-state index is -0.634. The molecular formula is C23H29BrN2O4. The topological polar surface area (TPSA) is 67.9 Å². The number of aryl methyl sites for hydroxylation is 1. The van der Waals surface area contributed by atoms with Crippen LogP contribution in [0.4, 0.5) is 0 Å². The molecule has 2 aromatic rings. The third-order valence-corrected chi connectivity index (χ3v) is 5.59. The predicted molar refractivity (Wildman–Crippen MR) is 121 cm³/mol. The normalized spacial score (nSPS) is 11.5. The molecule has 0 saturated heterocycles. The van der Waals surface area contributed by atoms with Crippen LogP contribution in [-0.4, -0.2) is 43.0 Å². The van der Waals surface area contributed by atoms with Crippen molar-refractivity contribution in [1.29, 1.82) is 0 Å². The summed E-state index contributed by atoms with van der Waals surface area (Å²) < 4.78 is 12.0. The molecule has 1 atom stereocenters. The molecule has 0 fully saturated rings. The molecule has 0 bridgehead atoms. The second-order valence-electron chi connectivity index (χ2n) is 7.04. The van der Waals surface area contributed by atoms with Crippen molar-refractivity contribution in [3.05, 3.63) is 58.1 Å². The molecule has 0 heterocycles. The summed E-state index contributed by atoms with van der Waals surface area (Å²) in [7, 11) is 1.59. The standard InChI is InChI=1S/C23H29BrN2O4/c1-5-11-25-23(28)17(3)26(14-18-7-6-8-19(13-18)29-4)22(27)15-30-20-9-10-21(24)16(2)12-20/h6-10,12-13,17H,5,11,14-15H2,1-4H3,(H,25,28)/t17-/m0/s1. The average molecular weight is 477 g/mol. The number of nitrogens with zero attached hydrogens (tertiary/aromatic N) is 1. The van der Waals surface area contributed by atoms with E-state index in [0.29, 0.717) is 18.0 Å². The van der Waals surface area contributed by atoms with Gasteiger partial charge in [-0.15, -0.1) is 0 Å². The third kappa shape index (κ3) is 6.76. The number of nitrogens with one attached hydrogen (secondary N) is 1. The number of ether oxygens (including phenoxy) is 2. The van der Waals surface area contributed by atoms with Gasteiger partial charge in [-0.25, -0.2) is 0 Å². The van der Waals surface area contributed by atoms with Gasteiger partial charge in [-0.2, -0.15) is 0 Å². The van der Waals surface area contributed by atoms with Gasteiger partial charge in [0, 0.05) is 17.6 Å². The number of benzene rings is 2. The van der Waals surface area contributed by atoms with Crippen molar-refractivity contribution in [1.82, 2.24) is 10.2 Å². The summed E-state index contributed by atoms with van der Waals surface area (Å²) >= 11 is 3.45. The number of methoxy groups -OCH3 is 1. The molecule has 0 radical (unpaired) electrons. The van der Waals surface area contributed by atoms with Gasteiger partial charge >= 0.3 is 0 Å². The summed E-state index contributed by atoms with van der Waals surface area (Å²) in [6.07, 6.45) is 0.828. The van der Waals surface area contributed by atoms with E-state index in [1.807, 2.05) is 50.2 Å². The zero-order chi connectivity index (χ0) is 22.1. The zero-order valence-corrected chi connectivity index (χ0v) is 19.5. The Hall–Kier alpha value is -2.54. The fourth-order valence-electron chi connectivity index (χ4n) is 2.88. The van der Waals surface area contributed by atoms with Gasteiger partial charge in [-0.3, -0.25) is 9.59 Å². The maximum Gasteiger partial charge on any atom is 0.261 e. The maximum atomic E-state index is 13.0. The summed E-state index contributed by atoms with van der Waals surface area (Å²) in [6, 6.07) is 12.4. The quantitative estimate of drug-likeness (QED) is 0.560. The first-order valence-corrected chi connectivity index (χ1v) is 10.7. The van der Waals surface area contributed by atoms with Crippen LogP contribution in [0.5, 0.6) is 11.5 Å². The van der Waals surface area contributed by atoms with Crippen LogP contribution in [0.2, 0.25) is 0 Å². The summed E-state index contributed by atoms with van der Waals surface area (Å²) in [4.78, 5) is 27.1. The molecule has 2 aromatic carbocycles. The molecule has 0 spiro atoms. The lowest BCUT2D eigenvalue weighted by atomic mass is 10.1. The smallest absolute Gasteiger partial charge is 0.261 e. The van der Waals surface area contributed by atoms with Crippen LogP contribution in [0, 0.1) is 6.92 Å². The van der Waals surface area contributed by atoms with Crippen molar-refractivity contribution in [2.75, 3.05) is 20.3 Å². The molecule has 0 aromatic heterocycles. The fourth-order valence-corrected chi connectivity index (χ4v) is 3.13. The summed E-state index contributed by atoms with van der Waals surface area (Å²) in [5, 5.41) is 2.86. The van der Waals surface area contributed by atoms with Gasteiger partial charge in [-0.1, -0.05) is 35.0 Å². The van der Waals surface area contributed by atoms with Crippen LogP contribution in [0.3, 0.4) is 0 Å². The Labute approximate surface area is 186 Å². The molecule has 30 heavy (non-hydrogen) atoms. The molecule has 0 saturated carbocycles. The van der Waals surface area contributed by atoms with Crippen LogP contribution in [-0.2, 0) is 16.1 Å². The van der Waals surface area contributed by atoms with Crippen LogP contribution in [0.15, 0.2) is 46.9 Å². The van der Waals surface area contributed by atoms with Crippen molar-refractivity contribution in [2.45, 2.75) is 39.8 Å². The second-order valence-corrected chi connectivity index (χ2v) is 7.89. The summed E-state index contributed by atoms with van der Waals surface area (Å²) in [5.41, 5.74) is 1.89. The average Bonchev–Trinajstić information content (AvgIpc) is 2.76. The van der Waals surface area contributed by atoms with Gasteiger partial charge in [0.1, 0.15) is 17.5 Å². The Morgan fingerprint density at radius 3 is 2.60 bits per heavy atom. The molecule has 2 rings (SSSR count). The number of carbonyl (C=O) groups excluding carboxylic acids is 2. The van der Waals surface area contributed by atoms with Crippen LogP contribution in [0.1, 0.15) is 31.4 Å². The Kier molecular flexibility index (Phi) is 9.17. The van der Waals surface area contributed by atoms with Crippen molar-refractivity contribution in [3.63, 3.8) is 0 Å². The molecule has 0 aliphatic heterocycles. The lowest BCUT2D eigenvalue weighted by Crippen LogP contribution is -2.49. The van der Waals surface area contributed by atoms with Crippen molar-refractivity contribution >= 4 is 27.7 Å². The van der Waals surface area contributed by atoms with Gasteiger partial charge in [-0.05, 0) is 61.7 Å². The monoisotopic (exact) mass is 476 g/mol.